The molecule has 1 aliphatic heterocycles. The fourth-order valence-corrected chi connectivity index (χ4v) is 3.88. The smallest absolute Gasteiger partial charge is 0.255 e. The summed E-state index contributed by atoms with van der Waals surface area (Å²) in [6.45, 7) is 2.84. The molecule has 0 radical (unpaired) electrons. The van der Waals surface area contributed by atoms with Gasteiger partial charge in [0.05, 0.1) is 17.9 Å². The van der Waals surface area contributed by atoms with Crippen molar-refractivity contribution in [2.75, 3.05) is 13.2 Å². The van der Waals surface area contributed by atoms with E-state index in [9.17, 15) is 4.79 Å². The molecule has 5 rings (SSSR count). The van der Waals surface area contributed by atoms with E-state index in [1.165, 1.54) is 12.8 Å². The first-order chi connectivity index (χ1) is 14.7. The van der Waals surface area contributed by atoms with Crippen molar-refractivity contribution in [1.29, 1.82) is 0 Å². The summed E-state index contributed by atoms with van der Waals surface area (Å²) in [5, 5.41) is 0.658. The molecule has 1 N–H and O–H groups in total. The molecule has 30 heavy (non-hydrogen) atoms. The number of pyridine rings is 1. The third kappa shape index (κ3) is 4.25. The van der Waals surface area contributed by atoms with Crippen LogP contribution in [0.2, 0.25) is 5.02 Å². The van der Waals surface area contributed by atoms with E-state index in [2.05, 4.69) is 20.9 Å². The van der Waals surface area contributed by atoms with Gasteiger partial charge >= 0.3 is 0 Å². The molecule has 0 saturated heterocycles. The summed E-state index contributed by atoms with van der Waals surface area (Å²) in [5.41, 5.74) is 3.45. The summed E-state index contributed by atoms with van der Waals surface area (Å²) in [7, 11) is 0. The Bertz CT molecular complexity index is 1110. The Balaban J connectivity index is 1.33. The van der Waals surface area contributed by atoms with E-state index >= 15 is 0 Å². The van der Waals surface area contributed by atoms with Gasteiger partial charge in [0.2, 0.25) is 5.88 Å². The maximum Gasteiger partial charge on any atom is 0.255 e. The van der Waals surface area contributed by atoms with Crippen LogP contribution in [-0.2, 0) is 19.5 Å². The monoisotopic (exact) mass is 422 g/mol. The largest absolute Gasteiger partial charge is 0.477 e. The van der Waals surface area contributed by atoms with Gasteiger partial charge in [-0.3, -0.25) is 9.69 Å². The van der Waals surface area contributed by atoms with Gasteiger partial charge in [-0.2, -0.15) is 0 Å². The van der Waals surface area contributed by atoms with Gasteiger partial charge in [0.15, 0.2) is 0 Å². The van der Waals surface area contributed by atoms with Crippen LogP contribution in [0.15, 0.2) is 47.4 Å². The molecule has 6 nitrogen and oxygen atoms in total. The van der Waals surface area contributed by atoms with Crippen molar-refractivity contribution in [2.45, 2.75) is 32.4 Å². The van der Waals surface area contributed by atoms with E-state index in [4.69, 9.17) is 21.3 Å². The Hall–Kier alpha value is -2.70. The van der Waals surface area contributed by atoms with Gasteiger partial charge in [0.25, 0.3) is 5.56 Å². The zero-order valence-corrected chi connectivity index (χ0v) is 17.4. The first-order valence-electron chi connectivity index (χ1n) is 10.3. The lowest BCUT2D eigenvalue weighted by Gasteiger charge is -2.28. The minimum Gasteiger partial charge on any atom is -0.477 e. The fourth-order valence-electron chi connectivity index (χ4n) is 3.76. The number of ether oxygens (including phenoxy) is 1. The van der Waals surface area contributed by atoms with Crippen molar-refractivity contribution in [3.8, 4) is 17.3 Å². The Kier molecular flexibility index (Phi) is 5.27. The molecule has 154 valence electrons. The van der Waals surface area contributed by atoms with Crippen LogP contribution in [0.3, 0.4) is 0 Å². The van der Waals surface area contributed by atoms with Crippen molar-refractivity contribution < 1.29 is 4.74 Å². The molecule has 0 amide bonds. The molecule has 1 saturated carbocycles. The molecule has 0 bridgehead atoms. The lowest BCUT2D eigenvalue weighted by molar-refractivity contribution is 0.230. The minimum absolute atomic E-state index is 0.0777. The fraction of sp³-hybridized carbons (Fsp3) is 0.348. The van der Waals surface area contributed by atoms with Gasteiger partial charge in [-0.25, -0.2) is 9.97 Å². The van der Waals surface area contributed by atoms with Crippen molar-refractivity contribution in [2.24, 2.45) is 5.92 Å². The molecule has 3 heterocycles. The third-order valence-corrected chi connectivity index (χ3v) is 5.91. The average molecular weight is 423 g/mol. The summed E-state index contributed by atoms with van der Waals surface area (Å²) >= 11 is 5.97. The van der Waals surface area contributed by atoms with Crippen LogP contribution in [0.4, 0.5) is 0 Å². The number of fused-ring (bicyclic) bond motifs is 1. The topological polar surface area (TPSA) is 71.1 Å². The summed E-state index contributed by atoms with van der Waals surface area (Å²) in [4.78, 5) is 27.1. The van der Waals surface area contributed by atoms with Gasteiger partial charge in [-0.05, 0) is 49.1 Å². The van der Waals surface area contributed by atoms with Gasteiger partial charge < -0.3 is 9.72 Å². The highest BCUT2D eigenvalue weighted by Crippen LogP contribution is 2.30. The molecule has 2 aliphatic rings. The highest BCUT2D eigenvalue weighted by Gasteiger charge is 2.24. The molecule has 0 unspecified atom stereocenters. The second-order valence-electron chi connectivity index (χ2n) is 8.03. The van der Waals surface area contributed by atoms with Crippen molar-refractivity contribution in [3.05, 3.63) is 74.8 Å². The van der Waals surface area contributed by atoms with Crippen LogP contribution >= 0.6 is 11.6 Å². The minimum atomic E-state index is -0.0777. The normalized spacial score (nSPS) is 16.3. The number of aromatic nitrogens is 3. The van der Waals surface area contributed by atoms with Crippen LogP contribution < -0.4 is 10.3 Å². The Morgan fingerprint density at radius 1 is 1.20 bits per heavy atom. The number of halogens is 1. The summed E-state index contributed by atoms with van der Waals surface area (Å²) in [6, 6.07) is 11.3. The second-order valence-corrected chi connectivity index (χ2v) is 8.47. The quantitative estimate of drug-likeness (QED) is 0.653. The van der Waals surface area contributed by atoms with E-state index in [0.29, 0.717) is 35.7 Å². The Morgan fingerprint density at radius 3 is 2.83 bits per heavy atom. The number of H-pyrrole nitrogens is 1. The van der Waals surface area contributed by atoms with Gasteiger partial charge in [0, 0.05) is 48.4 Å². The number of nitrogens with one attached hydrogen (secondary N) is 1. The molecule has 7 heteroatoms. The lowest BCUT2D eigenvalue weighted by atomic mass is 10.1. The van der Waals surface area contributed by atoms with Crippen molar-refractivity contribution >= 4 is 11.6 Å². The zero-order chi connectivity index (χ0) is 20.5. The molecule has 1 fully saturated rings. The predicted octanol–water partition coefficient (Wildman–Crippen LogP) is 3.83. The highest BCUT2D eigenvalue weighted by molar-refractivity contribution is 6.30. The summed E-state index contributed by atoms with van der Waals surface area (Å²) in [6.07, 6.45) is 5.00. The van der Waals surface area contributed by atoms with Gasteiger partial charge in [0.1, 0.15) is 5.82 Å². The second kappa shape index (κ2) is 8.20. The van der Waals surface area contributed by atoms with E-state index in [1.54, 1.807) is 18.3 Å². The maximum absolute atomic E-state index is 12.8. The zero-order valence-electron chi connectivity index (χ0n) is 16.6. The molecule has 0 atom stereocenters. The molecule has 1 aromatic carbocycles. The summed E-state index contributed by atoms with van der Waals surface area (Å²) < 4.78 is 5.94. The number of rotatable bonds is 6. The SMILES string of the molecule is O=c1[nH]c(-c2ccc(Cl)cc2)nc2c1CN(Cc1cccnc1OCC1CC1)CC2. The number of hydrogen-bond donors (Lipinski definition) is 1. The molecule has 1 aliphatic carbocycles. The van der Waals surface area contributed by atoms with Crippen LogP contribution in [0.5, 0.6) is 5.88 Å². The molecule has 0 spiro atoms. The van der Waals surface area contributed by atoms with E-state index in [1.807, 2.05) is 18.2 Å². The highest BCUT2D eigenvalue weighted by atomic mass is 35.5. The van der Waals surface area contributed by atoms with Crippen molar-refractivity contribution in [1.82, 2.24) is 19.9 Å². The number of aromatic amines is 1. The molecule has 3 aromatic rings. The lowest BCUT2D eigenvalue weighted by Crippen LogP contribution is -2.35. The predicted molar refractivity (Wildman–Crippen MR) is 116 cm³/mol. The summed E-state index contributed by atoms with van der Waals surface area (Å²) in [5.74, 6) is 1.98. The van der Waals surface area contributed by atoms with Crippen molar-refractivity contribution in [3.63, 3.8) is 0 Å². The van der Waals surface area contributed by atoms with E-state index in [0.717, 1.165) is 42.0 Å². The van der Waals surface area contributed by atoms with Crippen LogP contribution in [0.1, 0.15) is 29.7 Å². The Morgan fingerprint density at radius 2 is 2.03 bits per heavy atom. The molecular formula is C23H23ClN4O2. The third-order valence-electron chi connectivity index (χ3n) is 5.66. The van der Waals surface area contributed by atoms with Crippen LogP contribution in [0, 0.1) is 5.92 Å². The average Bonchev–Trinajstić information content (AvgIpc) is 3.58. The van der Waals surface area contributed by atoms with Gasteiger partial charge in [-0.15, -0.1) is 0 Å². The molecule has 2 aromatic heterocycles. The van der Waals surface area contributed by atoms with Crippen LogP contribution in [0.25, 0.3) is 11.4 Å². The number of benzene rings is 1. The van der Waals surface area contributed by atoms with Crippen LogP contribution in [-0.4, -0.2) is 33.0 Å². The first-order valence-corrected chi connectivity index (χ1v) is 10.7. The van der Waals surface area contributed by atoms with E-state index in [-0.39, 0.29) is 5.56 Å². The Labute approximate surface area is 179 Å². The van der Waals surface area contributed by atoms with Gasteiger partial charge in [-0.1, -0.05) is 17.7 Å². The van der Waals surface area contributed by atoms with E-state index < -0.39 is 0 Å². The number of nitrogens with zero attached hydrogens (tertiary/aromatic N) is 3. The number of hydrogen-bond acceptors (Lipinski definition) is 5. The standard InChI is InChI=1S/C23H23ClN4O2/c24-18-7-5-16(6-8-18)21-26-20-9-11-28(13-19(20)22(29)27-21)12-17-2-1-10-25-23(17)30-14-15-3-4-15/h1-2,5-8,10,15H,3-4,9,11-14H2,(H,26,27,29). The first kappa shape index (κ1) is 19.3. The maximum atomic E-state index is 12.8. The molecular weight excluding hydrogens is 400 g/mol.